The van der Waals surface area contributed by atoms with Gasteiger partial charge in [-0.25, -0.2) is 0 Å². The quantitative estimate of drug-likeness (QED) is 0.559. The molecule has 2 nitrogen and oxygen atoms in total. The molecule has 1 saturated carbocycles. The van der Waals surface area contributed by atoms with Gasteiger partial charge >= 0.3 is 5.97 Å². The third-order valence-electron chi connectivity index (χ3n) is 2.09. The van der Waals surface area contributed by atoms with Crippen molar-refractivity contribution in [3.05, 3.63) is 0 Å². The minimum absolute atomic E-state index is 0.0153. The molecule has 0 saturated heterocycles. The Hall–Kier alpha value is -0.530. The summed E-state index contributed by atoms with van der Waals surface area (Å²) in [7, 11) is 1.46. The van der Waals surface area contributed by atoms with Gasteiger partial charge in [-0.3, -0.25) is 4.79 Å². The first-order chi connectivity index (χ1) is 4.79. The van der Waals surface area contributed by atoms with E-state index in [4.69, 9.17) is 0 Å². The van der Waals surface area contributed by atoms with Gasteiger partial charge in [0.1, 0.15) is 0 Å². The first-order valence-corrected chi connectivity index (χ1v) is 3.87. The van der Waals surface area contributed by atoms with Crippen molar-refractivity contribution in [2.75, 3.05) is 7.11 Å². The zero-order chi connectivity index (χ0) is 7.56. The van der Waals surface area contributed by atoms with Crippen LogP contribution in [0.15, 0.2) is 0 Å². The van der Waals surface area contributed by atoms with Crippen molar-refractivity contribution >= 4 is 5.97 Å². The van der Waals surface area contributed by atoms with Gasteiger partial charge in [0, 0.05) is 0 Å². The second-order valence-corrected chi connectivity index (χ2v) is 2.91. The Morgan fingerprint density at radius 1 is 1.70 bits per heavy atom. The van der Waals surface area contributed by atoms with Crippen molar-refractivity contribution in [3.8, 4) is 0 Å². The van der Waals surface area contributed by atoms with Gasteiger partial charge in [0.15, 0.2) is 0 Å². The van der Waals surface area contributed by atoms with Crippen LogP contribution in [0.2, 0.25) is 0 Å². The average molecular weight is 142 g/mol. The molecule has 0 radical (unpaired) electrons. The van der Waals surface area contributed by atoms with Gasteiger partial charge in [0.2, 0.25) is 0 Å². The van der Waals surface area contributed by atoms with E-state index in [0.29, 0.717) is 5.92 Å². The summed E-state index contributed by atoms with van der Waals surface area (Å²) in [6, 6.07) is 0. The van der Waals surface area contributed by atoms with Gasteiger partial charge in [0.25, 0.3) is 0 Å². The van der Waals surface area contributed by atoms with E-state index in [0.717, 1.165) is 6.42 Å². The molecular formula is C8H14O2. The monoisotopic (exact) mass is 142 g/mol. The lowest BCUT2D eigenvalue weighted by molar-refractivity contribution is -0.142. The number of ether oxygens (including phenoxy) is 1. The van der Waals surface area contributed by atoms with Crippen molar-refractivity contribution in [3.63, 3.8) is 0 Å². The molecule has 0 aromatic heterocycles. The Labute approximate surface area is 61.6 Å². The fraction of sp³-hybridized carbons (Fsp3) is 0.875. The van der Waals surface area contributed by atoms with Crippen molar-refractivity contribution in [2.45, 2.75) is 26.2 Å². The normalized spacial score (nSPS) is 29.8. The number of methoxy groups -OCH3 is 1. The van der Waals surface area contributed by atoms with E-state index in [1.807, 2.05) is 0 Å². The smallest absolute Gasteiger partial charge is 0.308 e. The van der Waals surface area contributed by atoms with Crippen LogP contribution in [-0.4, -0.2) is 13.1 Å². The number of hydrogen-bond donors (Lipinski definition) is 0. The summed E-state index contributed by atoms with van der Waals surface area (Å²) >= 11 is 0. The summed E-state index contributed by atoms with van der Waals surface area (Å²) in [5.74, 6) is 0.862. The van der Waals surface area contributed by atoms with Crippen molar-refractivity contribution < 1.29 is 9.53 Å². The van der Waals surface area contributed by atoms with Crippen LogP contribution in [-0.2, 0) is 9.53 Å². The lowest BCUT2D eigenvalue weighted by atomic mass is 10.2. The van der Waals surface area contributed by atoms with Crippen molar-refractivity contribution in [1.82, 2.24) is 0 Å². The van der Waals surface area contributed by atoms with Crippen LogP contribution in [0.4, 0.5) is 0 Å². The summed E-state index contributed by atoms with van der Waals surface area (Å²) in [4.78, 5) is 10.8. The molecule has 0 bridgehead atoms. The fourth-order valence-corrected chi connectivity index (χ4v) is 1.38. The number of esters is 1. The SMILES string of the molecule is CCC[C@@H]1C[C@@H]1C(=O)OC. The molecule has 2 atom stereocenters. The summed E-state index contributed by atoms with van der Waals surface area (Å²) in [5, 5.41) is 0. The van der Waals surface area contributed by atoms with E-state index in [-0.39, 0.29) is 11.9 Å². The Balaban J connectivity index is 2.18. The third-order valence-corrected chi connectivity index (χ3v) is 2.09. The minimum atomic E-state index is -0.0153. The number of rotatable bonds is 3. The molecule has 58 valence electrons. The van der Waals surface area contributed by atoms with Crippen LogP contribution in [0.1, 0.15) is 26.2 Å². The van der Waals surface area contributed by atoms with E-state index in [1.165, 1.54) is 20.0 Å². The molecule has 10 heavy (non-hydrogen) atoms. The van der Waals surface area contributed by atoms with Crippen molar-refractivity contribution in [2.24, 2.45) is 11.8 Å². The Kier molecular flexibility index (Phi) is 2.30. The average Bonchev–Trinajstić information content (AvgIpc) is 2.67. The summed E-state index contributed by atoms with van der Waals surface area (Å²) in [6.07, 6.45) is 3.42. The highest BCUT2D eigenvalue weighted by molar-refractivity contribution is 5.75. The molecule has 0 aromatic carbocycles. The molecule has 0 amide bonds. The maximum absolute atomic E-state index is 10.8. The first-order valence-electron chi connectivity index (χ1n) is 3.87. The van der Waals surface area contributed by atoms with Gasteiger partial charge in [-0.1, -0.05) is 13.3 Å². The maximum Gasteiger partial charge on any atom is 0.308 e. The second kappa shape index (κ2) is 3.04. The number of carbonyl (C=O) groups excluding carboxylic acids is 1. The molecule has 1 aliphatic carbocycles. The molecule has 0 spiro atoms. The Bertz CT molecular complexity index is 131. The lowest BCUT2D eigenvalue weighted by Crippen LogP contribution is -2.03. The van der Waals surface area contributed by atoms with Crippen LogP contribution in [0.5, 0.6) is 0 Å². The van der Waals surface area contributed by atoms with E-state index in [1.54, 1.807) is 0 Å². The van der Waals surface area contributed by atoms with Crippen LogP contribution in [0, 0.1) is 11.8 Å². The minimum Gasteiger partial charge on any atom is -0.469 e. The van der Waals surface area contributed by atoms with E-state index < -0.39 is 0 Å². The molecule has 1 rings (SSSR count). The number of carbonyl (C=O) groups is 1. The largest absolute Gasteiger partial charge is 0.469 e. The van der Waals surface area contributed by atoms with Crippen LogP contribution < -0.4 is 0 Å². The van der Waals surface area contributed by atoms with Crippen LogP contribution in [0.3, 0.4) is 0 Å². The zero-order valence-electron chi connectivity index (χ0n) is 6.59. The lowest BCUT2D eigenvalue weighted by Gasteiger charge is -1.95. The van der Waals surface area contributed by atoms with E-state index in [2.05, 4.69) is 11.7 Å². The molecule has 0 aliphatic heterocycles. The van der Waals surface area contributed by atoms with Gasteiger partial charge in [-0.15, -0.1) is 0 Å². The summed E-state index contributed by atoms with van der Waals surface area (Å²) in [6.45, 7) is 2.15. The van der Waals surface area contributed by atoms with Gasteiger partial charge in [-0.2, -0.15) is 0 Å². The van der Waals surface area contributed by atoms with E-state index >= 15 is 0 Å². The Morgan fingerprint density at radius 2 is 2.40 bits per heavy atom. The molecule has 0 heterocycles. The van der Waals surface area contributed by atoms with Crippen LogP contribution >= 0.6 is 0 Å². The summed E-state index contributed by atoms with van der Waals surface area (Å²) in [5.41, 5.74) is 0. The second-order valence-electron chi connectivity index (χ2n) is 2.91. The fourth-order valence-electron chi connectivity index (χ4n) is 1.38. The molecule has 1 fully saturated rings. The van der Waals surface area contributed by atoms with E-state index in [9.17, 15) is 4.79 Å². The van der Waals surface area contributed by atoms with Crippen LogP contribution in [0.25, 0.3) is 0 Å². The highest BCUT2D eigenvalue weighted by Gasteiger charge is 2.42. The van der Waals surface area contributed by atoms with Gasteiger partial charge in [-0.05, 0) is 18.8 Å². The standard InChI is InChI=1S/C8H14O2/c1-3-4-6-5-7(6)8(9)10-2/h6-7H,3-5H2,1-2H3/t6-,7+/m1/s1. The molecule has 0 N–H and O–H groups in total. The third kappa shape index (κ3) is 1.49. The highest BCUT2D eigenvalue weighted by atomic mass is 16.5. The van der Waals surface area contributed by atoms with Crippen molar-refractivity contribution in [1.29, 1.82) is 0 Å². The Morgan fingerprint density at radius 3 is 2.90 bits per heavy atom. The number of hydrogen-bond acceptors (Lipinski definition) is 2. The molecule has 0 aromatic rings. The predicted octanol–water partition coefficient (Wildman–Crippen LogP) is 1.60. The molecular weight excluding hydrogens is 128 g/mol. The topological polar surface area (TPSA) is 26.3 Å². The molecule has 1 aliphatic rings. The highest BCUT2D eigenvalue weighted by Crippen LogP contribution is 2.42. The first kappa shape index (κ1) is 7.58. The molecule has 2 heteroatoms. The maximum atomic E-state index is 10.8. The summed E-state index contributed by atoms with van der Waals surface area (Å²) < 4.78 is 4.61. The van der Waals surface area contributed by atoms with Gasteiger partial charge in [0.05, 0.1) is 13.0 Å². The van der Waals surface area contributed by atoms with Gasteiger partial charge < -0.3 is 4.74 Å². The predicted molar refractivity (Wildman–Crippen MR) is 38.5 cm³/mol. The molecule has 0 unspecified atom stereocenters. The zero-order valence-corrected chi connectivity index (χ0v) is 6.59.